The van der Waals surface area contributed by atoms with Crippen molar-refractivity contribution in [2.45, 2.75) is 38.0 Å². The molecular weight excluding hydrogens is 209 g/mol. The third kappa shape index (κ3) is 2.84. The monoisotopic (exact) mass is 227 g/mol. The lowest BCUT2D eigenvalue weighted by Gasteiger charge is -2.34. The van der Waals surface area contributed by atoms with Crippen molar-refractivity contribution in [1.29, 1.82) is 0 Å². The van der Waals surface area contributed by atoms with Crippen LogP contribution in [0.4, 0.5) is 0 Å². The van der Waals surface area contributed by atoms with Gasteiger partial charge in [0.25, 0.3) is 0 Å². The van der Waals surface area contributed by atoms with E-state index >= 15 is 0 Å². The summed E-state index contributed by atoms with van der Waals surface area (Å²) in [7, 11) is -1.33. The van der Waals surface area contributed by atoms with Crippen LogP contribution in [-0.2, 0) is 4.79 Å². The molecule has 1 rings (SSSR count). The molecular formula is C10H18BNO4. The second-order valence-electron chi connectivity index (χ2n) is 4.53. The van der Waals surface area contributed by atoms with E-state index in [4.69, 9.17) is 20.9 Å². The lowest BCUT2D eigenvalue weighted by molar-refractivity contribution is -0.142. The van der Waals surface area contributed by atoms with Crippen molar-refractivity contribution >= 4 is 13.1 Å². The second-order valence-corrected chi connectivity index (χ2v) is 4.53. The highest BCUT2D eigenvalue weighted by atomic mass is 16.4. The molecule has 6 heteroatoms. The minimum Gasteiger partial charge on any atom is -0.480 e. The molecule has 1 aliphatic rings. The van der Waals surface area contributed by atoms with Crippen molar-refractivity contribution in [3.8, 4) is 0 Å². The third-order valence-electron chi connectivity index (χ3n) is 3.29. The van der Waals surface area contributed by atoms with Crippen LogP contribution in [0.1, 0.15) is 26.2 Å². The number of nitrogens with two attached hydrogens (primary N) is 1. The van der Waals surface area contributed by atoms with Crippen molar-refractivity contribution in [3.63, 3.8) is 0 Å². The molecule has 0 aromatic rings. The van der Waals surface area contributed by atoms with E-state index < -0.39 is 18.6 Å². The van der Waals surface area contributed by atoms with Gasteiger partial charge in [-0.2, -0.15) is 0 Å². The summed E-state index contributed by atoms with van der Waals surface area (Å²) >= 11 is 0. The molecule has 0 fully saturated rings. The molecule has 0 heterocycles. The summed E-state index contributed by atoms with van der Waals surface area (Å²) in [5.74, 6) is -0.915. The normalized spacial score (nSPS) is 29.8. The van der Waals surface area contributed by atoms with Crippen LogP contribution in [-0.4, -0.2) is 33.8 Å². The van der Waals surface area contributed by atoms with Gasteiger partial charge in [0.15, 0.2) is 0 Å². The first-order valence-electron chi connectivity index (χ1n) is 5.42. The molecule has 2 atom stereocenters. The van der Waals surface area contributed by atoms with Crippen molar-refractivity contribution in [1.82, 2.24) is 0 Å². The number of rotatable bonds is 4. The molecule has 0 radical (unpaired) electrons. The van der Waals surface area contributed by atoms with Crippen molar-refractivity contribution in [2.75, 3.05) is 0 Å². The maximum absolute atomic E-state index is 11.1. The average Bonchev–Trinajstić information content (AvgIpc) is 2.19. The van der Waals surface area contributed by atoms with Crippen LogP contribution in [0.2, 0.25) is 6.32 Å². The predicted molar refractivity (Wildman–Crippen MR) is 60.7 cm³/mol. The number of carbonyl (C=O) groups is 1. The van der Waals surface area contributed by atoms with Gasteiger partial charge in [0, 0.05) is 0 Å². The summed E-state index contributed by atoms with van der Waals surface area (Å²) in [4.78, 5) is 11.1. The van der Waals surface area contributed by atoms with Gasteiger partial charge in [0.2, 0.25) is 0 Å². The molecule has 0 spiro atoms. The van der Waals surface area contributed by atoms with E-state index in [1.807, 2.05) is 6.08 Å². The number of hydrogen-bond acceptors (Lipinski definition) is 4. The van der Waals surface area contributed by atoms with E-state index in [2.05, 4.69) is 0 Å². The summed E-state index contributed by atoms with van der Waals surface area (Å²) in [6.45, 7) is 1.73. The number of carboxylic acid groups (broad SMARTS) is 1. The van der Waals surface area contributed by atoms with Gasteiger partial charge in [-0.3, -0.25) is 0 Å². The van der Waals surface area contributed by atoms with Gasteiger partial charge in [0.1, 0.15) is 5.54 Å². The topological polar surface area (TPSA) is 104 Å². The number of hydrogen-bond donors (Lipinski definition) is 4. The average molecular weight is 227 g/mol. The highest BCUT2D eigenvalue weighted by molar-refractivity contribution is 6.40. The molecule has 1 aliphatic carbocycles. The van der Waals surface area contributed by atoms with Crippen LogP contribution in [0.5, 0.6) is 0 Å². The Morgan fingerprint density at radius 1 is 1.69 bits per heavy atom. The summed E-state index contributed by atoms with van der Waals surface area (Å²) in [6.07, 6.45) is 3.79. The first-order chi connectivity index (χ1) is 7.36. The molecule has 16 heavy (non-hydrogen) atoms. The Kier molecular flexibility index (Phi) is 4.12. The van der Waals surface area contributed by atoms with E-state index in [9.17, 15) is 4.79 Å². The second kappa shape index (κ2) is 4.99. The van der Waals surface area contributed by atoms with Gasteiger partial charge in [-0.25, -0.2) is 4.79 Å². The van der Waals surface area contributed by atoms with Crippen molar-refractivity contribution in [2.24, 2.45) is 11.7 Å². The van der Waals surface area contributed by atoms with Gasteiger partial charge in [0.05, 0.1) is 0 Å². The molecule has 0 saturated carbocycles. The minimum atomic E-state index is -1.33. The Bertz CT molecular complexity index is 305. The van der Waals surface area contributed by atoms with E-state index in [1.54, 1.807) is 6.92 Å². The molecule has 90 valence electrons. The Labute approximate surface area is 95.1 Å². The van der Waals surface area contributed by atoms with Crippen LogP contribution < -0.4 is 5.73 Å². The fraction of sp³-hybridized carbons (Fsp3) is 0.700. The highest BCUT2D eigenvalue weighted by Gasteiger charge is 2.40. The summed E-state index contributed by atoms with van der Waals surface area (Å²) in [5.41, 5.74) is 5.24. The molecule has 2 unspecified atom stereocenters. The summed E-state index contributed by atoms with van der Waals surface area (Å²) in [6, 6.07) is 0. The Morgan fingerprint density at radius 3 is 2.81 bits per heavy atom. The van der Waals surface area contributed by atoms with Crippen LogP contribution in [0.3, 0.4) is 0 Å². The Balaban J connectivity index is 2.66. The maximum Gasteiger partial charge on any atom is 0.451 e. The standard InChI is InChI=1S/C10H18BNO4/c1-7-2-3-8(4-5-11(15)16)6-10(7,12)9(13)14/h2,8,15-16H,3-6,12H2,1H3,(H,13,14). The molecule has 5 nitrogen and oxygen atoms in total. The molecule has 0 saturated heterocycles. The van der Waals surface area contributed by atoms with Crippen molar-refractivity contribution < 1.29 is 19.9 Å². The van der Waals surface area contributed by atoms with Gasteiger partial charge in [-0.15, -0.1) is 0 Å². The van der Waals surface area contributed by atoms with Crippen LogP contribution in [0.15, 0.2) is 11.6 Å². The molecule has 0 aromatic heterocycles. The van der Waals surface area contributed by atoms with Gasteiger partial charge in [-0.05, 0) is 37.6 Å². The highest BCUT2D eigenvalue weighted by Crippen LogP contribution is 2.33. The fourth-order valence-electron chi connectivity index (χ4n) is 2.09. The number of carboxylic acids is 1. The summed E-state index contributed by atoms with van der Waals surface area (Å²) in [5, 5.41) is 26.6. The molecule has 0 aliphatic heterocycles. The number of aliphatic carboxylic acids is 1. The van der Waals surface area contributed by atoms with E-state index in [0.29, 0.717) is 18.4 Å². The van der Waals surface area contributed by atoms with E-state index in [1.165, 1.54) is 0 Å². The first-order valence-corrected chi connectivity index (χ1v) is 5.42. The molecule has 0 amide bonds. The SMILES string of the molecule is CC1=CCC(CCB(O)O)CC1(N)C(=O)O. The van der Waals surface area contributed by atoms with Gasteiger partial charge >= 0.3 is 13.1 Å². The Hall–Kier alpha value is -0.845. The molecule has 5 N–H and O–H groups in total. The van der Waals surface area contributed by atoms with Gasteiger partial charge in [-0.1, -0.05) is 12.5 Å². The minimum absolute atomic E-state index is 0.103. The largest absolute Gasteiger partial charge is 0.480 e. The van der Waals surface area contributed by atoms with E-state index in [-0.39, 0.29) is 12.2 Å². The lowest BCUT2D eigenvalue weighted by Crippen LogP contribution is -2.51. The van der Waals surface area contributed by atoms with Crippen LogP contribution >= 0.6 is 0 Å². The van der Waals surface area contributed by atoms with Crippen LogP contribution in [0.25, 0.3) is 0 Å². The lowest BCUT2D eigenvalue weighted by atomic mass is 9.71. The summed E-state index contributed by atoms with van der Waals surface area (Å²) < 4.78 is 0. The molecule has 0 aromatic carbocycles. The fourth-order valence-corrected chi connectivity index (χ4v) is 2.09. The van der Waals surface area contributed by atoms with Crippen LogP contribution in [0, 0.1) is 5.92 Å². The van der Waals surface area contributed by atoms with Gasteiger partial charge < -0.3 is 20.9 Å². The predicted octanol–water partition coefficient (Wildman–Crippen LogP) is -0.0123. The van der Waals surface area contributed by atoms with Crippen molar-refractivity contribution in [3.05, 3.63) is 11.6 Å². The maximum atomic E-state index is 11.1. The third-order valence-corrected chi connectivity index (χ3v) is 3.29. The zero-order valence-electron chi connectivity index (χ0n) is 9.39. The quantitative estimate of drug-likeness (QED) is 0.399. The molecule has 0 bridgehead atoms. The Morgan fingerprint density at radius 2 is 2.31 bits per heavy atom. The number of allylic oxidation sites excluding steroid dienone is 1. The van der Waals surface area contributed by atoms with E-state index in [0.717, 1.165) is 6.42 Å². The smallest absolute Gasteiger partial charge is 0.451 e. The first kappa shape index (κ1) is 13.2. The zero-order chi connectivity index (χ0) is 12.3. The zero-order valence-corrected chi connectivity index (χ0v) is 9.39.